The molecule has 1 aliphatic heterocycles. The number of nitrogens with one attached hydrogen (secondary N) is 1. The summed E-state index contributed by atoms with van der Waals surface area (Å²) in [5, 5.41) is 16.0. The third-order valence-corrected chi connectivity index (χ3v) is 4.13. The normalized spacial score (nSPS) is 17.6. The van der Waals surface area contributed by atoms with Crippen molar-refractivity contribution in [1.29, 1.82) is 0 Å². The van der Waals surface area contributed by atoms with E-state index < -0.39 is 0 Å². The Kier molecular flexibility index (Phi) is 4.82. The van der Waals surface area contributed by atoms with Crippen LogP contribution < -0.4 is 5.32 Å². The minimum Gasteiger partial charge on any atom is -0.339 e. The Hall–Kier alpha value is -1.76. The molecule has 3 heterocycles. The maximum Gasteiger partial charge on any atom is 0.226 e. The molecule has 7 nitrogen and oxygen atoms in total. The van der Waals surface area contributed by atoms with E-state index in [1.54, 1.807) is 0 Å². The number of hydrogen-bond donors (Lipinski definition) is 1. The Bertz CT molecular complexity index is 591. The van der Waals surface area contributed by atoms with Crippen LogP contribution in [0, 0.1) is 5.92 Å². The van der Waals surface area contributed by atoms with Gasteiger partial charge in [-0.15, -0.1) is 10.2 Å². The second-order valence-corrected chi connectivity index (χ2v) is 5.89. The van der Waals surface area contributed by atoms with Crippen molar-refractivity contribution in [2.75, 3.05) is 6.54 Å². The van der Waals surface area contributed by atoms with Crippen LogP contribution in [0.5, 0.6) is 0 Å². The van der Waals surface area contributed by atoms with Crippen molar-refractivity contribution in [2.24, 2.45) is 5.92 Å². The summed E-state index contributed by atoms with van der Waals surface area (Å²) < 4.78 is 7.47. The van der Waals surface area contributed by atoms with E-state index in [2.05, 4.69) is 44.1 Å². The van der Waals surface area contributed by atoms with Crippen LogP contribution in [0.1, 0.15) is 50.1 Å². The Morgan fingerprint density at radius 1 is 1.32 bits per heavy atom. The molecular weight excluding hydrogens is 280 g/mol. The van der Waals surface area contributed by atoms with E-state index in [9.17, 15) is 0 Å². The fraction of sp³-hybridized carbons (Fsp3) is 0.733. The predicted octanol–water partition coefficient (Wildman–Crippen LogP) is 1.53. The molecule has 0 amide bonds. The van der Waals surface area contributed by atoms with Gasteiger partial charge in [-0.2, -0.15) is 4.98 Å². The lowest BCUT2D eigenvalue weighted by Crippen LogP contribution is -2.30. The molecule has 0 spiro atoms. The highest BCUT2D eigenvalue weighted by molar-refractivity contribution is 5.00. The molecule has 2 aromatic heterocycles. The summed E-state index contributed by atoms with van der Waals surface area (Å²) in [5.74, 6) is 4.32. The average molecular weight is 304 g/mol. The highest BCUT2D eigenvalue weighted by Gasteiger charge is 2.22. The molecule has 1 N–H and O–H groups in total. The van der Waals surface area contributed by atoms with Gasteiger partial charge in [-0.1, -0.05) is 19.0 Å². The first kappa shape index (κ1) is 15.1. The minimum absolute atomic E-state index is 0.607. The number of nitrogens with zero attached hydrogens (tertiary/aromatic N) is 5. The molecule has 120 valence electrons. The van der Waals surface area contributed by atoms with E-state index in [1.165, 1.54) is 0 Å². The van der Waals surface area contributed by atoms with Crippen molar-refractivity contribution in [2.45, 2.75) is 59.0 Å². The van der Waals surface area contributed by atoms with Gasteiger partial charge in [0.05, 0.1) is 6.54 Å². The lowest BCUT2D eigenvalue weighted by atomic mass is 9.99. The van der Waals surface area contributed by atoms with Gasteiger partial charge >= 0.3 is 0 Å². The first-order chi connectivity index (χ1) is 10.8. The molecule has 7 heteroatoms. The third-order valence-electron chi connectivity index (χ3n) is 4.13. The van der Waals surface area contributed by atoms with Gasteiger partial charge in [0, 0.05) is 32.4 Å². The van der Waals surface area contributed by atoms with E-state index in [1.807, 2.05) is 0 Å². The first-order valence-electron chi connectivity index (χ1n) is 8.23. The van der Waals surface area contributed by atoms with Crippen LogP contribution in [0.25, 0.3) is 0 Å². The topological polar surface area (TPSA) is 81.7 Å². The van der Waals surface area contributed by atoms with Gasteiger partial charge in [0.2, 0.25) is 5.89 Å². The van der Waals surface area contributed by atoms with Crippen molar-refractivity contribution in [3.63, 3.8) is 0 Å². The van der Waals surface area contributed by atoms with Gasteiger partial charge in [-0.25, -0.2) is 0 Å². The molecule has 0 aromatic carbocycles. The monoisotopic (exact) mass is 304 g/mol. The Morgan fingerprint density at radius 3 is 3.05 bits per heavy atom. The Labute approximate surface area is 130 Å². The van der Waals surface area contributed by atoms with Crippen LogP contribution >= 0.6 is 0 Å². The third kappa shape index (κ3) is 3.35. The molecule has 0 saturated carbocycles. The number of aromatic nitrogens is 5. The summed E-state index contributed by atoms with van der Waals surface area (Å²) in [6.45, 7) is 6.86. The van der Waals surface area contributed by atoms with Crippen molar-refractivity contribution in [1.82, 2.24) is 30.2 Å². The fourth-order valence-electron chi connectivity index (χ4n) is 2.94. The maximum absolute atomic E-state index is 5.19. The molecule has 2 aromatic rings. The van der Waals surface area contributed by atoms with Gasteiger partial charge in [-0.3, -0.25) is 0 Å². The van der Waals surface area contributed by atoms with Crippen molar-refractivity contribution in [3.8, 4) is 0 Å². The van der Waals surface area contributed by atoms with Gasteiger partial charge in [-0.05, 0) is 18.8 Å². The fourth-order valence-corrected chi connectivity index (χ4v) is 2.94. The summed E-state index contributed by atoms with van der Waals surface area (Å²) in [6, 6.07) is 0. The lowest BCUT2D eigenvalue weighted by Gasteiger charge is -2.24. The van der Waals surface area contributed by atoms with E-state index in [4.69, 9.17) is 4.52 Å². The predicted molar refractivity (Wildman–Crippen MR) is 81.2 cm³/mol. The largest absolute Gasteiger partial charge is 0.339 e. The van der Waals surface area contributed by atoms with E-state index in [0.29, 0.717) is 12.5 Å². The first-order valence-corrected chi connectivity index (χ1v) is 8.23. The zero-order valence-corrected chi connectivity index (χ0v) is 13.4. The molecule has 0 aliphatic carbocycles. The standard InChI is InChI=1S/C15H24N6O/c1-3-5-15-17-12(20-22-15)9-16-8-11-6-7-14-19-18-13(4-2)21(14)10-11/h11,16H,3-10H2,1-2H3/t11-/m0/s1. The van der Waals surface area contributed by atoms with Gasteiger partial charge < -0.3 is 14.4 Å². The quantitative estimate of drug-likeness (QED) is 0.835. The second kappa shape index (κ2) is 7.00. The molecule has 3 rings (SSSR count). The van der Waals surface area contributed by atoms with Crippen molar-refractivity contribution >= 4 is 0 Å². The highest BCUT2D eigenvalue weighted by atomic mass is 16.5. The van der Waals surface area contributed by atoms with Gasteiger partial charge in [0.15, 0.2) is 5.82 Å². The van der Waals surface area contributed by atoms with E-state index >= 15 is 0 Å². The van der Waals surface area contributed by atoms with Crippen molar-refractivity contribution in [3.05, 3.63) is 23.4 Å². The van der Waals surface area contributed by atoms with Crippen LogP contribution in [0.2, 0.25) is 0 Å². The lowest BCUT2D eigenvalue weighted by molar-refractivity contribution is 0.338. The minimum atomic E-state index is 0.607. The molecule has 0 fully saturated rings. The van der Waals surface area contributed by atoms with Crippen molar-refractivity contribution < 1.29 is 4.52 Å². The summed E-state index contributed by atoms with van der Waals surface area (Å²) in [5.41, 5.74) is 0. The molecule has 0 saturated heterocycles. The Balaban J connectivity index is 1.48. The zero-order valence-electron chi connectivity index (χ0n) is 13.4. The van der Waals surface area contributed by atoms with E-state index in [0.717, 1.165) is 68.6 Å². The van der Waals surface area contributed by atoms with Crippen LogP contribution in [0.15, 0.2) is 4.52 Å². The number of aryl methyl sites for hydroxylation is 3. The SMILES string of the molecule is CCCc1nc(CNC[C@@H]2CCc3nnc(CC)n3C2)no1. The Morgan fingerprint density at radius 2 is 2.23 bits per heavy atom. The maximum atomic E-state index is 5.19. The van der Waals surface area contributed by atoms with Gasteiger partial charge in [0.25, 0.3) is 0 Å². The summed E-state index contributed by atoms with van der Waals surface area (Å²) in [4.78, 5) is 4.37. The number of hydrogen-bond acceptors (Lipinski definition) is 6. The zero-order chi connectivity index (χ0) is 15.4. The average Bonchev–Trinajstić information content (AvgIpc) is 3.14. The molecule has 0 bridgehead atoms. The number of rotatable bonds is 7. The smallest absolute Gasteiger partial charge is 0.226 e. The number of fused-ring (bicyclic) bond motifs is 1. The van der Waals surface area contributed by atoms with Crippen LogP contribution in [-0.4, -0.2) is 31.4 Å². The summed E-state index contributed by atoms with van der Waals surface area (Å²) in [7, 11) is 0. The van der Waals surface area contributed by atoms with E-state index in [-0.39, 0.29) is 0 Å². The molecular formula is C15H24N6O. The summed E-state index contributed by atoms with van der Waals surface area (Å²) in [6.07, 6.45) is 4.99. The molecule has 22 heavy (non-hydrogen) atoms. The molecule has 0 radical (unpaired) electrons. The van der Waals surface area contributed by atoms with Crippen LogP contribution in [0.3, 0.4) is 0 Å². The molecule has 1 atom stereocenters. The second-order valence-electron chi connectivity index (χ2n) is 5.89. The molecule has 0 unspecified atom stereocenters. The highest BCUT2D eigenvalue weighted by Crippen LogP contribution is 2.19. The van der Waals surface area contributed by atoms with Gasteiger partial charge in [0.1, 0.15) is 11.6 Å². The molecule has 1 aliphatic rings. The van der Waals surface area contributed by atoms with Crippen LogP contribution in [0.4, 0.5) is 0 Å². The summed E-state index contributed by atoms with van der Waals surface area (Å²) >= 11 is 0. The van der Waals surface area contributed by atoms with Crippen LogP contribution in [-0.2, 0) is 32.4 Å².